The van der Waals surface area contributed by atoms with Crippen LogP contribution in [0.15, 0.2) is 36.5 Å². The van der Waals surface area contributed by atoms with Crippen LogP contribution < -0.4 is 10.2 Å². The molecule has 0 saturated carbocycles. The fourth-order valence-electron chi connectivity index (χ4n) is 3.82. The number of hydrogen-bond donors (Lipinski definition) is 1. The third-order valence-corrected chi connectivity index (χ3v) is 5.18. The number of hydrogen-bond acceptors (Lipinski definition) is 5. The maximum absolute atomic E-state index is 12.3. The molecule has 6 heteroatoms. The second-order valence-corrected chi connectivity index (χ2v) is 8.36. The Bertz CT molecular complexity index is 867. The van der Waals surface area contributed by atoms with Crippen LogP contribution in [0.3, 0.4) is 0 Å². The first kappa shape index (κ1) is 18.6. The quantitative estimate of drug-likeness (QED) is 0.859. The first-order valence-electron chi connectivity index (χ1n) is 9.96. The number of amides is 1. The molecule has 1 aromatic carbocycles. The number of benzene rings is 1. The van der Waals surface area contributed by atoms with Gasteiger partial charge in [0.1, 0.15) is 5.60 Å². The second kappa shape index (κ2) is 7.34. The summed E-state index contributed by atoms with van der Waals surface area (Å²) >= 11 is 0. The van der Waals surface area contributed by atoms with Gasteiger partial charge in [-0.3, -0.25) is 4.98 Å². The lowest BCUT2D eigenvalue weighted by molar-refractivity contribution is 0.0240. The lowest BCUT2D eigenvalue weighted by Crippen LogP contribution is -2.50. The molecule has 148 valence electrons. The predicted molar refractivity (Wildman–Crippen MR) is 112 cm³/mol. The lowest BCUT2D eigenvalue weighted by Gasteiger charge is -2.36. The molecule has 1 amide bonds. The molecule has 0 atom stereocenters. The van der Waals surface area contributed by atoms with E-state index in [0.717, 1.165) is 37.4 Å². The Morgan fingerprint density at radius 1 is 1.14 bits per heavy atom. The summed E-state index contributed by atoms with van der Waals surface area (Å²) < 4.78 is 5.49. The Kier molecular flexibility index (Phi) is 4.87. The third kappa shape index (κ3) is 3.91. The van der Waals surface area contributed by atoms with Crippen LogP contribution in [0.25, 0.3) is 11.3 Å². The van der Waals surface area contributed by atoms with Gasteiger partial charge in [-0.2, -0.15) is 0 Å². The molecule has 4 rings (SSSR count). The molecule has 1 fully saturated rings. The van der Waals surface area contributed by atoms with E-state index in [9.17, 15) is 4.79 Å². The highest BCUT2D eigenvalue weighted by Crippen LogP contribution is 2.33. The summed E-state index contributed by atoms with van der Waals surface area (Å²) in [7, 11) is 0. The van der Waals surface area contributed by atoms with Crippen LogP contribution in [0, 0.1) is 0 Å². The van der Waals surface area contributed by atoms with Crippen LogP contribution in [0.5, 0.6) is 0 Å². The lowest BCUT2D eigenvalue weighted by atomic mass is 10.0. The van der Waals surface area contributed by atoms with Gasteiger partial charge in [-0.25, -0.2) is 4.79 Å². The fourth-order valence-corrected chi connectivity index (χ4v) is 3.82. The van der Waals surface area contributed by atoms with E-state index >= 15 is 0 Å². The molecule has 1 aromatic heterocycles. The van der Waals surface area contributed by atoms with Crippen molar-refractivity contribution in [3.8, 4) is 11.3 Å². The van der Waals surface area contributed by atoms with Gasteiger partial charge in [-0.05, 0) is 51.0 Å². The van der Waals surface area contributed by atoms with E-state index in [1.807, 2.05) is 33.0 Å². The SMILES string of the molecule is CC(C)(C)OC(=O)N1CCN(c2ccnc(-c3cccc4c3CCN4)c2)CC1. The molecule has 3 heterocycles. The highest BCUT2D eigenvalue weighted by molar-refractivity contribution is 5.75. The van der Waals surface area contributed by atoms with Crippen molar-refractivity contribution in [1.82, 2.24) is 9.88 Å². The summed E-state index contributed by atoms with van der Waals surface area (Å²) in [5.41, 5.74) is 5.47. The van der Waals surface area contributed by atoms with E-state index in [1.54, 1.807) is 4.90 Å². The molecule has 2 aromatic rings. The van der Waals surface area contributed by atoms with Crippen molar-refractivity contribution in [3.05, 3.63) is 42.1 Å². The van der Waals surface area contributed by atoms with Crippen LogP contribution >= 0.6 is 0 Å². The topological polar surface area (TPSA) is 57.7 Å². The van der Waals surface area contributed by atoms with E-state index in [-0.39, 0.29) is 6.09 Å². The molecule has 2 aliphatic rings. The molecule has 2 aliphatic heterocycles. The zero-order valence-corrected chi connectivity index (χ0v) is 16.9. The highest BCUT2D eigenvalue weighted by Gasteiger charge is 2.26. The van der Waals surface area contributed by atoms with Gasteiger partial charge in [0, 0.05) is 55.9 Å². The summed E-state index contributed by atoms with van der Waals surface area (Å²) in [5, 5.41) is 3.43. The van der Waals surface area contributed by atoms with E-state index in [0.29, 0.717) is 13.1 Å². The summed E-state index contributed by atoms with van der Waals surface area (Å²) in [6.07, 6.45) is 2.69. The Morgan fingerprint density at radius 2 is 1.93 bits per heavy atom. The largest absolute Gasteiger partial charge is 0.444 e. The molecule has 1 N–H and O–H groups in total. The molecule has 0 spiro atoms. The molecule has 0 radical (unpaired) electrons. The standard InChI is InChI=1S/C22H28N4O2/c1-22(2,3)28-21(27)26-13-11-25(12-14-26)16-7-9-24-20(15-16)17-5-4-6-19-18(17)8-10-23-19/h4-7,9,15,23H,8,10-14H2,1-3H3. The van der Waals surface area contributed by atoms with E-state index < -0.39 is 5.60 Å². The molecule has 1 saturated heterocycles. The van der Waals surface area contributed by atoms with Gasteiger partial charge in [-0.1, -0.05) is 12.1 Å². The van der Waals surface area contributed by atoms with Crippen LogP contribution in [0.2, 0.25) is 0 Å². The molecular weight excluding hydrogens is 352 g/mol. The number of rotatable bonds is 2. The summed E-state index contributed by atoms with van der Waals surface area (Å²) in [5.74, 6) is 0. The van der Waals surface area contributed by atoms with E-state index in [2.05, 4.69) is 39.5 Å². The van der Waals surface area contributed by atoms with Crippen molar-refractivity contribution in [2.45, 2.75) is 32.8 Å². The summed E-state index contributed by atoms with van der Waals surface area (Å²) in [6.45, 7) is 9.59. The summed E-state index contributed by atoms with van der Waals surface area (Å²) in [6, 6.07) is 10.6. The van der Waals surface area contributed by atoms with Gasteiger partial charge in [-0.15, -0.1) is 0 Å². The number of carbonyl (C=O) groups excluding carboxylic acids is 1. The molecule has 0 aliphatic carbocycles. The number of carbonyl (C=O) groups is 1. The predicted octanol–water partition coefficient (Wildman–Crippen LogP) is 3.77. The van der Waals surface area contributed by atoms with Crippen molar-refractivity contribution in [2.24, 2.45) is 0 Å². The average molecular weight is 380 g/mol. The maximum Gasteiger partial charge on any atom is 0.410 e. The highest BCUT2D eigenvalue weighted by atomic mass is 16.6. The number of nitrogens with one attached hydrogen (secondary N) is 1. The Labute approximate surface area is 166 Å². The van der Waals surface area contributed by atoms with Gasteiger partial charge in [0.25, 0.3) is 0 Å². The number of fused-ring (bicyclic) bond motifs is 1. The number of pyridine rings is 1. The van der Waals surface area contributed by atoms with Crippen molar-refractivity contribution in [3.63, 3.8) is 0 Å². The molecule has 6 nitrogen and oxygen atoms in total. The maximum atomic E-state index is 12.3. The second-order valence-electron chi connectivity index (χ2n) is 8.36. The number of aromatic nitrogens is 1. The smallest absolute Gasteiger partial charge is 0.410 e. The monoisotopic (exact) mass is 380 g/mol. The van der Waals surface area contributed by atoms with E-state index in [4.69, 9.17) is 4.74 Å². The van der Waals surface area contributed by atoms with E-state index in [1.165, 1.54) is 16.8 Å². The van der Waals surface area contributed by atoms with Crippen molar-refractivity contribution in [1.29, 1.82) is 0 Å². The Balaban J connectivity index is 1.47. The van der Waals surface area contributed by atoms with Gasteiger partial charge in [0.05, 0.1) is 5.69 Å². The molecule has 0 bridgehead atoms. The average Bonchev–Trinajstić information content (AvgIpc) is 3.16. The zero-order valence-electron chi connectivity index (χ0n) is 16.9. The zero-order chi connectivity index (χ0) is 19.7. The van der Waals surface area contributed by atoms with Gasteiger partial charge in [0.15, 0.2) is 0 Å². The number of nitrogens with zero attached hydrogens (tertiary/aromatic N) is 3. The number of ether oxygens (including phenoxy) is 1. The normalized spacial score (nSPS) is 16.5. The minimum atomic E-state index is -0.459. The number of piperazine rings is 1. The summed E-state index contributed by atoms with van der Waals surface area (Å²) in [4.78, 5) is 21.0. The van der Waals surface area contributed by atoms with Crippen molar-refractivity contribution >= 4 is 17.5 Å². The minimum absolute atomic E-state index is 0.227. The minimum Gasteiger partial charge on any atom is -0.444 e. The Morgan fingerprint density at radius 3 is 2.68 bits per heavy atom. The van der Waals surface area contributed by atoms with Crippen LogP contribution in [0.4, 0.5) is 16.2 Å². The first-order valence-corrected chi connectivity index (χ1v) is 9.96. The third-order valence-electron chi connectivity index (χ3n) is 5.18. The van der Waals surface area contributed by atoms with Crippen molar-refractivity contribution in [2.75, 3.05) is 42.9 Å². The molecular formula is C22H28N4O2. The van der Waals surface area contributed by atoms with Gasteiger partial charge >= 0.3 is 6.09 Å². The Hall–Kier alpha value is -2.76. The van der Waals surface area contributed by atoms with Gasteiger partial charge in [0.2, 0.25) is 0 Å². The molecule has 0 unspecified atom stereocenters. The van der Waals surface area contributed by atoms with Crippen molar-refractivity contribution < 1.29 is 9.53 Å². The molecule has 28 heavy (non-hydrogen) atoms. The van der Waals surface area contributed by atoms with Crippen LogP contribution in [0.1, 0.15) is 26.3 Å². The first-order chi connectivity index (χ1) is 13.4. The fraction of sp³-hybridized carbons (Fsp3) is 0.455. The van der Waals surface area contributed by atoms with Crippen LogP contribution in [-0.4, -0.2) is 54.3 Å². The number of anilines is 2. The van der Waals surface area contributed by atoms with Crippen LogP contribution in [-0.2, 0) is 11.2 Å². The van der Waals surface area contributed by atoms with Gasteiger partial charge < -0.3 is 19.9 Å².